The Kier molecular flexibility index (Phi) is 3.66. The van der Waals surface area contributed by atoms with E-state index in [0.29, 0.717) is 24.0 Å². The third-order valence-electron chi connectivity index (χ3n) is 3.60. The zero-order valence-electron chi connectivity index (χ0n) is 11.1. The molecular formula is C16H13ClFNO2. The number of aliphatic hydroxyl groups is 1. The summed E-state index contributed by atoms with van der Waals surface area (Å²) in [5, 5.41) is 13.2. The zero-order chi connectivity index (χ0) is 15.0. The number of nitrogens with one attached hydrogen (secondary N) is 1. The highest BCUT2D eigenvalue weighted by Gasteiger charge is 2.18. The number of carbonyl (C=O) groups is 1. The lowest BCUT2D eigenvalue weighted by Crippen LogP contribution is -2.19. The van der Waals surface area contributed by atoms with Gasteiger partial charge >= 0.3 is 0 Å². The lowest BCUT2D eigenvalue weighted by atomic mass is 9.95. The fourth-order valence-corrected chi connectivity index (χ4v) is 2.57. The van der Waals surface area contributed by atoms with Gasteiger partial charge in [0.1, 0.15) is 11.9 Å². The average molecular weight is 306 g/mol. The van der Waals surface area contributed by atoms with Crippen LogP contribution >= 0.6 is 11.6 Å². The molecule has 0 radical (unpaired) electrons. The van der Waals surface area contributed by atoms with Gasteiger partial charge in [-0.25, -0.2) is 4.39 Å². The molecule has 0 aromatic heterocycles. The van der Waals surface area contributed by atoms with Gasteiger partial charge < -0.3 is 10.4 Å². The van der Waals surface area contributed by atoms with E-state index in [1.165, 1.54) is 12.1 Å². The van der Waals surface area contributed by atoms with Gasteiger partial charge in [-0.2, -0.15) is 0 Å². The number of fused-ring (bicyclic) bond motifs is 1. The molecule has 0 aliphatic carbocycles. The van der Waals surface area contributed by atoms with Crippen LogP contribution in [0.25, 0.3) is 0 Å². The van der Waals surface area contributed by atoms with E-state index in [1.54, 1.807) is 18.2 Å². The lowest BCUT2D eigenvalue weighted by Gasteiger charge is -2.19. The van der Waals surface area contributed by atoms with Crippen LogP contribution in [0.3, 0.4) is 0 Å². The first-order valence-electron chi connectivity index (χ1n) is 6.60. The molecule has 1 heterocycles. The number of amides is 1. The first-order valence-corrected chi connectivity index (χ1v) is 6.98. The van der Waals surface area contributed by atoms with Crippen molar-refractivity contribution >= 4 is 23.2 Å². The zero-order valence-corrected chi connectivity index (χ0v) is 11.8. The number of anilines is 1. The van der Waals surface area contributed by atoms with E-state index in [0.717, 1.165) is 11.3 Å². The topological polar surface area (TPSA) is 49.3 Å². The summed E-state index contributed by atoms with van der Waals surface area (Å²) in [6.07, 6.45) is 0.137. The maximum absolute atomic E-state index is 13.5. The van der Waals surface area contributed by atoms with E-state index in [9.17, 15) is 14.3 Å². The SMILES string of the molecule is O=C1CCc2cc(C(O)c3ccc(Cl)c(F)c3)ccc2N1. The number of carbonyl (C=O) groups excluding carboxylic acids is 1. The normalized spacial score (nSPS) is 15.3. The van der Waals surface area contributed by atoms with Gasteiger partial charge in [-0.15, -0.1) is 0 Å². The molecule has 3 rings (SSSR count). The monoisotopic (exact) mass is 305 g/mol. The van der Waals surface area contributed by atoms with Crippen LogP contribution in [0.15, 0.2) is 36.4 Å². The number of aliphatic hydroxyl groups excluding tert-OH is 1. The molecule has 1 atom stereocenters. The summed E-state index contributed by atoms with van der Waals surface area (Å²) < 4.78 is 13.5. The molecule has 2 aromatic rings. The molecule has 1 unspecified atom stereocenters. The molecule has 1 amide bonds. The number of benzene rings is 2. The van der Waals surface area contributed by atoms with Gasteiger partial charge in [0.25, 0.3) is 0 Å². The van der Waals surface area contributed by atoms with Crippen molar-refractivity contribution in [2.45, 2.75) is 18.9 Å². The second kappa shape index (κ2) is 5.47. The predicted molar refractivity (Wildman–Crippen MR) is 78.9 cm³/mol. The van der Waals surface area contributed by atoms with Crippen LogP contribution in [-0.4, -0.2) is 11.0 Å². The Bertz CT molecular complexity index is 717. The Labute approximate surface area is 126 Å². The van der Waals surface area contributed by atoms with E-state index in [1.807, 2.05) is 6.07 Å². The third-order valence-corrected chi connectivity index (χ3v) is 3.91. The minimum Gasteiger partial charge on any atom is -0.384 e. The minimum absolute atomic E-state index is 0.00410. The summed E-state index contributed by atoms with van der Waals surface area (Å²) in [4.78, 5) is 11.3. The third kappa shape index (κ3) is 2.77. The molecule has 3 nitrogen and oxygen atoms in total. The first-order chi connectivity index (χ1) is 10.0. The Morgan fingerprint density at radius 1 is 1.14 bits per heavy atom. The maximum Gasteiger partial charge on any atom is 0.224 e. The number of halogens is 2. The van der Waals surface area contributed by atoms with Gasteiger partial charge in [-0.3, -0.25) is 4.79 Å². The van der Waals surface area contributed by atoms with E-state index >= 15 is 0 Å². The molecule has 5 heteroatoms. The molecule has 0 saturated carbocycles. The summed E-state index contributed by atoms with van der Waals surface area (Å²) in [6.45, 7) is 0. The highest BCUT2D eigenvalue weighted by Crippen LogP contribution is 2.30. The van der Waals surface area contributed by atoms with Crippen molar-refractivity contribution in [2.24, 2.45) is 0 Å². The van der Waals surface area contributed by atoms with E-state index in [-0.39, 0.29) is 10.9 Å². The maximum atomic E-state index is 13.5. The van der Waals surface area contributed by atoms with Crippen molar-refractivity contribution in [3.63, 3.8) is 0 Å². The van der Waals surface area contributed by atoms with Crippen LogP contribution in [0.1, 0.15) is 29.2 Å². The fraction of sp³-hybridized carbons (Fsp3) is 0.188. The Morgan fingerprint density at radius 2 is 1.86 bits per heavy atom. The Morgan fingerprint density at radius 3 is 2.62 bits per heavy atom. The smallest absolute Gasteiger partial charge is 0.224 e. The summed E-state index contributed by atoms with van der Waals surface area (Å²) in [5.41, 5.74) is 2.84. The van der Waals surface area contributed by atoms with Gasteiger partial charge in [0, 0.05) is 12.1 Å². The Hall–Kier alpha value is -1.91. The Balaban J connectivity index is 1.93. The van der Waals surface area contributed by atoms with E-state index in [2.05, 4.69) is 5.32 Å². The quantitative estimate of drug-likeness (QED) is 0.893. The van der Waals surface area contributed by atoms with Gasteiger partial charge in [0.15, 0.2) is 0 Å². The first kappa shape index (κ1) is 14.0. The second-order valence-corrected chi connectivity index (χ2v) is 5.45. The molecular weight excluding hydrogens is 293 g/mol. The lowest BCUT2D eigenvalue weighted by molar-refractivity contribution is -0.116. The number of hydrogen-bond acceptors (Lipinski definition) is 2. The standard InChI is InChI=1S/C16H13ClFNO2/c17-12-4-1-11(8-13(12)18)16(21)10-2-5-14-9(7-10)3-6-15(20)19-14/h1-2,4-5,7-8,16,21H,3,6H2,(H,19,20). The summed E-state index contributed by atoms with van der Waals surface area (Å²) in [5.74, 6) is -0.561. The van der Waals surface area contributed by atoms with Crippen molar-refractivity contribution in [3.05, 3.63) is 63.9 Å². The number of aryl methyl sites for hydroxylation is 1. The largest absolute Gasteiger partial charge is 0.384 e. The molecule has 0 spiro atoms. The van der Waals surface area contributed by atoms with Crippen molar-refractivity contribution in [1.82, 2.24) is 0 Å². The van der Waals surface area contributed by atoms with Crippen LogP contribution in [-0.2, 0) is 11.2 Å². The van der Waals surface area contributed by atoms with Crippen molar-refractivity contribution < 1.29 is 14.3 Å². The molecule has 1 aliphatic rings. The van der Waals surface area contributed by atoms with Gasteiger partial charge in [-0.05, 0) is 41.3 Å². The van der Waals surface area contributed by atoms with E-state index in [4.69, 9.17) is 11.6 Å². The molecule has 0 fully saturated rings. The molecule has 1 aliphatic heterocycles. The van der Waals surface area contributed by atoms with Crippen LogP contribution in [0.5, 0.6) is 0 Å². The van der Waals surface area contributed by atoms with Crippen LogP contribution in [0.2, 0.25) is 5.02 Å². The van der Waals surface area contributed by atoms with Gasteiger partial charge in [-0.1, -0.05) is 29.8 Å². The van der Waals surface area contributed by atoms with Crippen LogP contribution < -0.4 is 5.32 Å². The minimum atomic E-state index is -0.931. The molecule has 2 N–H and O–H groups in total. The van der Waals surface area contributed by atoms with Crippen LogP contribution in [0.4, 0.5) is 10.1 Å². The predicted octanol–water partition coefficient (Wildman–Crippen LogP) is 3.45. The number of hydrogen-bond donors (Lipinski definition) is 2. The second-order valence-electron chi connectivity index (χ2n) is 5.04. The van der Waals surface area contributed by atoms with Crippen LogP contribution in [0, 0.1) is 5.82 Å². The summed E-state index contributed by atoms with van der Waals surface area (Å²) in [7, 11) is 0. The average Bonchev–Trinajstić information content (AvgIpc) is 2.49. The summed E-state index contributed by atoms with van der Waals surface area (Å²) in [6, 6.07) is 9.57. The molecule has 0 bridgehead atoms. The fourth-order valence-electron chi connectivity index (χ4n) is 2.45. The highest BCUT2D eigenvalue weighted by molar-refractivity contribution is 6.30. The molecule has 21 heavy (non-hydrogen) atoms. The van der Waals surface area contributed by atoms with Gasteiger partial charge in [0.2, 0.25) is 5.91 Å². The molecule has 0 saturated heterocycles. The highest BCUT2D eigenvalue weighted by atomic mass is 35.5. The molecule has 108 valence electrons. The van der Waals surface area contributed by atoms with Gasteiger partial charge in [0.05, 0.1) is 5.02 Å². The number of rotatable bonds is 2. The van der Waals surface area contributed by atoms with Crippen molar-refractivity contribution in [3.8, 4) is 0 Å². The molecule has 2 aromatic carbocycles. The summed E-state index contributed by atoms with van der Waals surface area (Å²) >= 11 is 5.64. The van der Waals surface area contributed by atoms with Crippen molar-refractivity contribution in [2.75, 3.05) is 5.32 Å². The van der Waals surface area contributed by atoms with E-state index < -0.39 is 11.9 Å². The van der Waals surface area contributed by atoms with Crippen molar-refractivity contribution in [1.29, 1.82) is 0 Å².